The lowest BCUT2D eigenvalue weighted by atomic mass is 10.2. The highest BCUT2D eigenvalue weighted by molar-refractivity contribution is 5.94. The first kappa shape index (κ1) is 16.2. The average molecular weight is 277 g/mol. The number of hydrogen-bond acceptors (Lipinski definition) is 3. The van der Waals surface area contributed by atoms with E-state index < -0.39 is 0 Å². The van der Waals surface area contributed by atoms with E-state index >= 15 is 0 Å². The molecule has 1 rings (SSSR count). The highest BCUT2D eigenvalue weighted by Crippen LogP contribution is 2.08. The van der Waals surface area contributed by atoms with Crippen molar-refractivity contribution in [2.45, 2.75) is 26.8 Å². The molecule has 0 bridgehead atoms. The normalized spacial score (nSPS) is 12.0. The van der Waals surface area contributed by atoms with Crippen molar-refractivity contribution in [3.63, 3.8) is 0 Å². The number of nitrogens with one attached hydrogen (secondary N) is 2. The van der Waals surface area contributed by atoms with Gasteiger partial charge in [-0.3, -0.25) is 14.5 Å². The minimum Gasteiger partial charge on any atom is -0.355 e. The number of hydrogen-bond donors (Lipinski definition) is 2. The van der Waals surface area contributed by atoms with E-state index in [0.717, 1.165) is 5.69 Å². The highest BCUT2D eigenvalue weighted by atomic mass is 16.2. The summed E-state index contributed by atoms with van der Waals surface area (Å²) in [4.78, 5) is 25.6. The number of carbonyl (C=O) groups excluding carboxylic acids is 2. The molecule has 0 aliphatic rings. The molecule has 5 nitrogen and oxygen atoms in total. The molecule has 0 spiro atoms. The summed E-state index contributed by atoms with van der Waals surface area (Å²) in [5.74, 6) is -0.170. The Balaban J connectivity index is 2.59. The second-order valence-corrected chi connectivity index (χ2v) is 4.55. The fourth-order valence-electron chi connectivity index (χ4n) is 1.89. The number of likely N-dealkylation sites (N-methyl/N-ethyl adjacent to an activating group) is 2. The number of anilines is 1. The molecule has 1 atom stereocenters. The molecule has 0 aliphatic carbocycles. The topological polar surface area (TPSA) is 61.4 Å². The van der Waals surface area contributed by atoms with E-state index in [0.29, 0.717) is 13.1 Å². The summed E-state index contributed by atoms with van der Waals surface area (Å²) < 4.78 is 0. The molecule has 110 valence electrons. The molecular formula is C15H23N3O2. The van der Waals surface area contributed by atoms with Crippen LogP contribution in [0, 0.1) is 0 Å². The van der Waals surface area contributed by atoms with Gasteiger partial charge in [0.05, 0.1) is 12.6 Å². The summed E-state index contributed by atoms with van der Waals surface area (Å²) >= 11 is 0. The maximum Gasteiger partial charge on any atom is 0.241 e. The first-order valence-corrected chi connectivity index (χ1v) is 6.95. The van der Waals surface area contributed by atoms with Crippen LogP contribution in [0.3, 0.4) is 0 Å². The molecule has 1 aromatic carbocycles. The molecule has 5 heteroatoms. The molecule has 0 fully saturated rings. The third kappa shape index (κ3) is 5.01. The zero-order valence-corrected chi connectivity index (χ0v) is 12.3. The van der Waals surface area contributed by atoms with E-state index in [-0.39, 0.29) is 24.4 Å². The van der Waals surface area contributed by atoms with Crippen LogP contribution in [0.1, 0.15) is 20.8 Å². The Kier molecular flexibility index (Phi) is 6.73. The second-order valence-electron chi connectivity index (χ2n) is 4.55. The van der Waals surface area contributed by atoms with Crippen LogP contribution in [0.5, 0.6) is 0 Å². The van der Waals surface area contributed by atoms with E-state index in [2.05, 4.69) is 10.6 Å². The van der Waals surface area contributed by atoms with Gasteiger partial charge in [0.15, 0.2) is 0 Å². The van der Waals surface area contributed by atoms with Crippen molar-refractivity contribution < 1.29 is 9.59 Å². The Bertz CT molecular complexity index is 434. The summed E-state index contributed by atoms with van der Waals surface area (Å²) in [5.41, 5.74) is 0.762. The zero-order valence-electron chi connectivity index (χ0n) is 12.3. The summed E-state index contributed by atoms with van der Waals surface area (Å²) in [6.07, 6.45) is 0. The average Bonchev–Trinajstić information content (AvgIpc) is 2.45. The lowest BCUT2D eigenvalue weighted by Gasteiger charge is -2.26. The van der Waals surface area contributed by atoms with Gasteiger partial charge in [0.2, 0.25) is 11.8 Å². The summed E-state index contributed by atoms with van der Waals surface area (Å²) in [5, 5.41) is 5.59. The van der Waals surface area contributed by atoms with Gasteiger partial charge in [0.25, 0.3) is 0 Å². The van der Waals surface area contributed by atoms with Gasteiger partial charge in [-0.1, -0.05) is 25.1 Å². The molecule has 0 radical (unpaired) electrons. The molecule has 20 heavy (non-hydrogen) atoms. The maximum absolute atomic E-state index is 12.2. The molecule has 0 unspecified atom stereocenters. The first-order chi connectivity index (χ1) is 9.58. The van der Waals surface area contributed by atoms with E-state index in [9.17, 15) is 9.59 Å². The van der Waals surface area contributed by atoms with Crippen LogP contribution in [0.2, 0.25) is 0 Å². The van der Waals surface area contributed by atoms with Crippen LogP contribution in [0.25, 0.3) is 0 Å². The fraction of sp³-hybridized carbons (Fsp3) is 0.467. The van der Waals surface area contributed by atoms with Crippen LogP contribution in [-0.2, 0) is 9.59 Å². The Hall–Kier alpha value is -1.88. The lowest BCUT2D eigenvalue weighted by Crippen LogP contribution is -2.46. The molecule has 0 saturated carbocycles. The van der Waals surface area contributed by atoms with Gasteiger partial charge in [-0.15, -0.1) is 0 Å². The van der Waals surface area contributed by atoms with Gasteiger partial charge in [0.1, 0.15) is 0 Å². The van der Waals surface area contributed by atoms with Crippen molar-refractivity contribution in [1.29, 1.82) is 0 Å². The zero-order chi connectivity index (χ0) is 15.0. The minimum absolute atomic E-state index is 0.0614. The molecule has 1 aromatic rings. The van der Waals surface area contributed by atoms with Crippen molar-refractivity contribution in [2.75, 3.05) is 25.0 Å². The van der Waals surface area contributed by atoms with Gasteiger partial charge in [-0.25, -0.2) is 0 Å². The Labute approximate surface area is 120 Å². The molecule has 0 saturated heterocycles. The molecule has 2 N–H and O–H groups in total. The first-order valence-electron chi connectivity index (χ1n) is 6.95. The summed E-state index contributed by atoms with van der Waals surface area (Å²) in [6, 6.07) is 8.95. The molecule has 0 aliphatic heterocycles. The SMILES string of the molecule is CCNC(=O)CN(CC)[C@H](C)C(=O)Nc1ccccc1. The Morgan fingerprint density at radius 1 is 1.20 bits per heavy atom. The fourth-order valence-corrected chi connectivity index (χ4v) is 1.89. The maximum atomic E-state index is 12.2. The number of amides is 2. The monoisotopic (exact) mass is 277 g/mol. The molecule has 2 amide bonds. The van der Waals surface area contributed by atoms with Gasteiger partial charge < -0.3 is 10.6 Å². The van der Waals surface area contributed by atoms with Crippen LogP contribution in [-0.4, -0.2) is 42.4 Å². The number of carbonyl (C=O) groups is 2. The van der Waals surface area contributed by atoms with Crippen LogP contribution in [0.15, 0.2) is 30.3 Å². The van der Waals surface area contributed by atoms with E-state index in [1.807, 2.05) is 49.1 Å². The third-order valence-corrected chi connectivity index (χ3v) is 3.10. The van der Waals surface area contributed by atoms with Crippen molar-refractivity contribution in [1.82, 2.24) is 10.2 Å². The highest BCUT2D eigenvalue weighted by Gasteiger charge is 2.21. The van der Waals surface area contributed by atoms with E-state index in [4.69, 9.17) is 0 Å². The molecular weight excluding hydrogens is 254 g/mol. The van der Waals surface area contributed by atoms with Crippen molar-refractivity contribution >= 4 is 17.5 Å². The quantitative estimate of drug-likeness (QED) is 0.793. The number of rotatable bonds is 7. The standard InChI is InChI=1S/C15H23N3O2/c1-4-16-14(19)11-18(5-2)12(3)15(20)17-13-9-7-6-8-10-13/h6-10,12H,4-5,11H2,1-3H3,(H,16,19)(H,17,20)/t12-/m1/s1. The Morgan fingerprint density at radius 3 is 2.40 bits per heavy atom. The largest absolute Gasteiger partial charge is 0.355 e. The van der Waals surface area contributed by atoms with Crippen molar-refractivity contribution in [3.8, 4) is 0 Å². The predicted octanol–water partition coefficient (Wildman–Crippen LogP) is 1.47. The van der Waals surface area contributed by atoms with E-state index in [1.54, 1.807) is 6.92 Å². The number of nitrogens with zero attached hydrogens (tertiary/aromatic N) is 1. The van der Waals surface area contributed by atoms with Crippen molar-refractivity contribution in [3.05, 3.63) is 30.3 Å². The number of benzene rings is 1. The second kappa shape index (κ2) is 8.32. The number of para-hydroxylation sites is 1. The summed E-state index contributed by atoms with van der Waals surface area (Å²) in [7, 11) is 0. The van der Waals surface area contributed by atoms with Gasteiger partial charge >= 0.3 is 0 Å². The van der Waals surface area contributed by atoms with Crippen LogP contribution >= 0.6 is 0 Å². The summed E-state index contributed by atoms with van der Waals surface area (Å²) in [6.45, 7) is 7.08. The molecule has 0 aromatic heterocycles. The van der Waals surface area contributed by atoms with Crippen LogP contribution in [0.4, 0.5) is 5.69 Å². The van der Waals surface area contributed by atoms with Gasteiger partial charge in [0, 0.05) is 12.2 Å². The smallest absolute Gasteiger partial charge is 0.241 e. The lowest BCUT2D eigenvalue weighted by molar-refractivity contribution is -0.125. The third-order valence-electron chi connectivity index (χ3n) is 3.10. The predicted molar refractivity (Wildman–Crippen MR) is 80.5 cm³/mol. The van der Waals surface area contributed by atoms with Gasteiger partial charge in [-0.2, -0.15) is 0 Å². The Morgan fingerprint density at radius 2 is 1.85 bits per heavy atom. The van der Waals surface area contributed by atoms with Crippen LogP contribution < -0.4 is 10.6 Å². The molecule has 0 heterocycles. The van der Waals surface area contributed by atoms with E-state index in [1.165, 1.54) is 0 Å². The van der Waals surface area contributed by atoms with Gasteiger partial charge in [-0.05, 0) is 32.5 Å². The minimum atomic E-state index is -0.359. The van der Waals surface area contributed by atoms with Crippen molar-refractivity contribution in [2.24, 2.45) is 0 Å².